The minimum Gasteiger partial charge on any atom is -0.395 e. The van der Waals surface area contributed by atoms with Crippen molar-refractivity contribution in [2.24, 2.45) is 0 Å². The second-order valence-electron chi connectivity index (χ2n) is 4.56. The highest BCUT2D eigenvalue weighted by Crippen LogP contribution is 2.16. The van der Waals surface area contributed by atoms with Gasteiger partial charge in [0.05, 0.1) is 18.8 Å². The summed E-state index contributed by atoms with van der Waals surface area (Å²) in [5, 5.41) is 12.1. The van der Waals surface area contributed by atoms with Crippen LogP contribution < -0.4 is 5.32 Å². The second kappa shape index (κ2) is 8.74. The molecule has 1 rings (SSSR count). The predicted molar refractivity (Wildman–Crippen MR) is 63.6 cm³/mol. The first-order chi connectivity index (χ1) is 8.63. The fourth-order valence-corrected chi connectivity index (χ4v) is 1.91. The molecule has 0 amide bonds. The summed E-state index contributed by atoms with van der Waals surface area (Å²) in [6, 6.07) is -0.339. The van der Waals surface area contributed by atoms with Gasteiger partial charge in [-0.2, -0.15) is 0 Å². The van der Waals surface area contributed by atoms with E-state index in [0.29, 0.717) is 6.61 Å². The first-order valence-electron chi connectivity index (χ1n) is 6.53. The van der Waals surface area contributed by atoms with E-state index < -0.39 is 6.43 Å². The number of nitrogens with one attached hydrogen (secondary N) is 1. The lowest BCUT2D eigenvalue weighted by Gasteiger charge is -2.30. The molecular formula is C12H23F2NO3. The topological polar surface area (TPSA) is 50.7 Å². The van der Waals surface area contributed by atoms with Crippen molar-refractivity contribution in [3.8, 4) is 0 Å². The van der Waals surface area contributed by atoms with Crippen LogP contribution in [0.4, 0.5) is 8.78 Å². The Morgan fingerprint density at radius 3 is 2.78 bits per heavy atom. The summed E-state index contributed by atoms with van der Waals surface area (Å²) in [5.41, 5.74) is 0. The van der Waals surface area contributed by atoms with Gasteiger partial charge in [0.15, 0.2) is 6.29 Å². The van der Waals surface area contributed by atoms with Gasteiger partial charge in [-0.25, -0.2) is 8.78 Å². The minimum absolute atomic E-state index is 0.142. The largest absolute Gasteiger partial charge is 0.395 e. The second-order valence-corrected chi connectivity index (χ2v) is 4.56. The van der Waals surface area contributed by atoms with E-state index in [4.69, 9.17) is 9.47 Å². The van der Waals surface area contributed by atoms with Crippen LogP contribution in [0.15, 0.2) is 0 Å². The van der Waals surface area contributed by atoms with Crippen molar-refractivity contribution in [2.45, 2.75) is 57.5 Å². The molecule has 4 nitrogen and oxygen atoms in total. The molecule has 6 heteroatoms. The van der Waals surface area contributed by atoms with Gasteiger partial charge in [-0.1, -0.05) is 0 Å². The highest BCUT2D eigenvalue weighted by atomic mass is 19.3. The van der Waals surface area contributed by atoms with Crippen LogP contribution in [0.3, 0.4) is 0 Å². The maximum absolute atomic E-state index is 12.0. The zero-order valence-electron chi connectivity index (χ0n) is 10.8. The third kappa shape index (κ3) is 6.04. The Balaban J connectivity index is 2.24. The van der Waals surface area contributed by atoms with Gasteiger partial charge < -0.3 is 19.9 Å². The SMILES string of the molecule is C[C@@H](OC1CCCCO1)[C@@H](CO)NCCC(F)F. The van der Waals surface area contributed by atoms with E-state index in [1.807, 2.05) is 6.92 Å². The number of halogens is 2. The number of alkyl halides is 2. The highest BCUT2D eigenvalue weighted by molar-refractivity contribution is 4.74. The molecule has 1 aliphatic rings. The first-order valence-corrected chi connectivity index (χ1v) is 6.53. The van der Waals surface area contributed by atoms with E-state index in [2.05, 4.69) is 5.32 Å². The molecule has 3 atom stereocenters. The van der Waals surface area contributed by atoms with Crippen LogP contribution in [-0.2, 0) is 9.47 Å². The Morgan fingerprint density at radius 1 is 1.44 bits per heavy atom. The molecule has 1 fully saturated rings. The summed E-state index contributed by atoms with van der Waals surface area (Å²) in [6.07, 6.45) is -0.0855. The third-order valence-corrected chi connectivity index (χ3v) is 3.04. The van der Waals surface area contributed by atoms with E-state index in [1.54, 1.807) is 0 Å². The maximum atomic E-state index is 12.0. The number of rotatable bonds is 8. The van der Waals surface area contributed by atoms with Crippen molar-refractivity contribution in [3.05, 3.63) is 0 Å². The van der Waals surface area contributed by atoms with Gasteiger partial charge in [0.1, 0.15) is 0 Å². The quantitative estimate of drug-likeness (QED) is 0.700. The molecule has 0 aromatic heterocycles. The van der Waals surface area contributed by atoms with Gasteiger partial charge in [-0.05, 0) is 26.2 Å². The Bertz CT molecular complexity index is 213. The van der Waals surface area contributed by atoms with Crippen molar-refractivity contribution in [3.63, 3.8) is 0 Å². The van der Waals surface area contributed by atoms with Crippen LogP contribution in [0.1, 0.15) is 32.6 Å². The molecule has 0 aromatic rings. The van der Waals surface area contributed by atoms with Gasteiger partial charge in [0.2, 0.25) is 6.43 Å². The zero-order valence-corrected chi connectivity index (χ0v) is 10.8. The van der Waals surface area contributed by atoms with Gasteiger partial charge in [0, 0.05) is 19.6 Å². The molecule has 1 unspecified atom stereocenters. The summed E-state index contributed by atoms with van der Waals surface area (Å²) >= 11 is 0. The van der Waals surface area contributed by atoms with Gasteiger partial charge >= 0.3 is 0 Å². The number of ether oxygens (including phenoxy) is 2. The lowest BCUT2D eigenvalue weighted by molar-refractivity contribution is -0.191. The van der Waals surface area contributed by atoms with Gasteiger partial charge in [-0.3, -0.25) is 0 Å². The Kier molecular flexibility index (Phi) is 7.65. The zero-order chi connectivity index (χ0) is 13.4. The lowest BCUT2D eigenvalue weighted by Crippen LogP contribution is -2.45. The van der Waals surface area contributed by atoms with E-state index in [9.17, 15) is 13.9 Å². The molecule has 1 heterocycles. The highest BCUT2D eigenvalue weighted by Gasteiger charge is 2.23. The third-order valence-electron chi connectivity index (χ3n) is 3.04. The van der Waals surface area contributed by atoms with Crippen molar-refractivity contribution >= 4 is 0 Å². The molecule has 0 saturated carbocycles. The Hall–Kier alpha value is -0.300. The summed E-state index contributed by atoms with van der Waals surface area (Å²) in [7, 11) is 0. The van der Waals surface area contributed by atoms with E-state index in [1.165, 1.54) is 0 Å². The van der Waals surface area contributed by atoms with Crippen LogP contribution in [0.25, 0.3) is 0 Å². The van der Waals surface area contributed by atoms with E-state index in [0.717, 1.165) is 19.3 Å². The number of hydrogen-bond donors (Lipinski definition) is 2. The Labute approximate surface area is 107 Å². The molecule has 0 radical (unpaired) electrons. The maximum Gasteiger partial charge on any atom is 0.239 e. The normalized spacial score (nSPS) is 24.2. The molecule has 1 aliphatic heterocycles. The monoisotopic (exact) mass is 267 g/mol. The van der Waals surface area contributed by atoms with Crippen LogP contribution in [0.5, 0.6) is 0 Å². The molecule has 2 N–H and O–H groups in total. The molecule has 108 valence electrons. The van der Waals surface area contributed by atoms with Crippen molar-refractivity contribution in [1.29, 1.82) is 0 Å². The summed E-state index contributed by atoms with van der Waals surface area (Å²) in [4.78, 5) is 0. The number of aliphatic hydroxyl groups excluding tert-OH is 1. The fraction of sp³-hybridized carbons (Fsp3) is 1.00. The van der Waals surface area contributed by atoms with E-state index >= 15 is 0 Å². The van der Waals surface area contributed by atoms with Crippen LogP contribution in [-0.4, -0.2) is 49.7 Å². The molecule has 18 heavy (non-hydrogen) atoms. The average molecular weight is 267 g/mol. The Morgan fingerprint density at radius 2 is 2.22 bits per heavy atom. The molecule has 1 saturated heterocycles. The molecule has 0 aliphatic carbocycles. The minimum atomic E-state index is -2.32. The number of hydrogen-bond acceptors (Lipinski definition) is 4. The van der Waals surface area contributed by atoms with Gasteiger partial charge in [0.25, 0.3) is 0 Å². The van der Waals surface area contributed by atoms with Crippen LogP contribution >= 0.6 is 0 Å². The summed E-state index contributed by atoms with van der Waals surface area (Å²) in [5.74, 6) is 0. The van der Waals surface area contributed by atoms with Crippen molar-refractivity contribution < 1.29 is 23.4 Å². The average Bonchev–Trinajstić information content (AvgIpc) is 2.35. The first kappa shape index (κ1) is 15.8. The molecule has 0 bridgehead atoms. The molecule has 0 aromatic carbocycles. The fourth-order valence-electron chi connectivity index (χ4n) is 1.91. The molecular weight excluding hydrogens is 244 g/mol. The lowest BCUT2D eigenvalue weighted by atomic mass is 10.1. The van der Waals surface area contributed by atoms with E-state index in [-0.39, 0.29) is 38.0 Å². The smallest absolute Gasteiger partial charge is 0.239 e. The van der Waals surface area contributed by atoms with Gasteiger partial charge in [-0.15, -0.1) is 0 Å². The standard InChI is InChI=1S/C12H23F2NO3/c1-9(18-12-4-2-3-7-17-12)10(8-16)15-6-5-11(13)14/h9-12,15-16H,2-8H2,1H3/t9-,10-,12?/m1/s1. The number of aliphatic hydroxyl groups is 1. The summed E-state index contributed by atoms with van der Waals surface area (Å²) < 4.78 is 35.1. The van der Waals surface area contributed by atoms with Crippen molar-refractivity contribution in [2.75, 3.05) is 19.8 Å². The van der Waals surface area contributed by atoms with Crippen LogP contribution in [0.2, 0.25) is 0 Å². The van der Waals surface area contributed by atoms with Crippen LogP contribution in [0, 0.1) is 0 Å². The predicted octanol–water partition coefficient (Wildman–Crippen LogP) is 1.52. The molecule has 0 spiro atoms. The van der Waals surface area contributed by atoms with Crippen molar-refractivity contribution in [1.82, 2.24) is 5.32 Å². The summed E-state index contributed by atoms with van der Waals surface area (Å²) in [6.45, 7) is 2.54.